The minimum Gasteiger partial charge on any atom is -0.314 e. The maximum absolute atomic E-state index is 12.4. The van der Waals surface area contributed by atoms with Crippen molar-refractivity contribution in [1.82, 2.24) is 15.0 Å². The number of carbonyl (C=O) groups is 1. The first-order valence-corrected chi connectivity index (χ1v) is 12.1. The van der Waals surface area contributed by atoms with Crippen LogP contribution in [0.5, 0.6) is 0 Å². The Morgan fingerprint density at radius 2 is 1.82 bits per heavy atom. The van der Waals surface area contributed by atoms with Crippen molar-refractivity contribution in [1.29, 1.82) is 0 Å². The number of fused-ring (bicyclic) bond motifs is 1. The third-order valence-electron chi connectivity index (χ3n) is 5.24. The summed E-state index contributed by atoms with van der Waals surface area (Å²) in [4.78, 5) is 17.1. The van der Waals surface area contributed by atoms with Crippen LogP contribution < -0.4 is 5.43 Å². The number of nitrogens with zero attached hydrogens (tertiary/aromatic N) is 3. The average Bonchev–Trinajstić information content (AvgIpc) is 3.17. The molecule has 0 fully saturated rings. The summed E-state index contributed by atoms with van der Waals surface area (Å²) >= 11 is 7.76. The van der Waals surface area contributed by atoms with Gasteiger partial charge in [-0.15, -0.1) is 0 Å². The number of halogens is 1. The maximum atomic E-state index is 12.4. The second-order valence-electron chi connectivity index (χ2n) is 7.96. The second kappa shape index (κ2) is 10.7. The molecule has 0 spiro atoms. The number of para-hydroxylation sites is 2. The molecule has 1 amide bonds. The molecule has 0 aliphatic heterocycles. The third-order valence-corrected chi connectivity index (χ3v) is 6.59. The van der Waals surface area contributed by atoms with Crippen LogP contribution >= 0.6 is 23.4 Å². The summed E-state index contributed by atoms with van der Waals surface area (Å²) in [6, 6.07) is 23.8. The summed E-state index contributed by atoms with van der Waals surface area (Å²) in [5.74, 6) is 0.497. The molecule has 5 nitrogen and oxygen atoms in total. The topological polar surface area (TPSA) is 59.3 Å². The van der Waals surface area contributed by atoms with E-state index in [0.29, 0.717) is 17.5 Å². The number of thioether (sulfide) groups is 1. The zero-order valence-corrected chi connectivity index (χ0v) is 20.1. The van der Waals surface area contributed by atoms with Crippen molar-refractivity contribution in [3.05, 3.63) is 94.5 Å². The van der Waals surface area contributed by atoms with Crippen LogP contribution in [0.1, 0.15) is 36.5 Å². The van der Waals surface area contributed by atoms with E-state index < -0.39 is 0 Å². The number of nitrogens with one attached hydrogen (secondary N) is 1. The van der Waals surface area contributed by atoms with Gasteiger partial charge in [0.15, 0.2) is 5.16 Å². The highest BCUT2D eigenvalue weighted by atomic mass is 35.5. The highest BCUT2D eigenvalue weighted by Crippen LogP contribution is 2.27. The molecule has 0 saturated heterocycles. The van der Waals surface area contributed by atoms with Crippen molar-refractivity contribution in [2.45, 2.75) is 31.5 Å². The molecular weight excluding hydrogens is 452 g/mol. The number of imidazole rings is 1. The van der Waals surface area contributed by atoms with Crippen molar-refractivity contribution in [2.75, 3.05) is 5.75 Å². The van der Waals surface area contributed by atoms with Gasteiger partial charge >= 0.3 is 0 Å². The Labute approximate surface area is 202 Å². The van der Waals surface area contributed by atoms with Crippen LogP contribution in [-0.2, 0) is 11.3 Å². The first kappa shape index (κ1) is 23.1. The molecular formula is C26H25ClN4OS. The number of benzene rings is 3. The number of hydrogen-bond acceptors (Lipinski definition) is 4. The molecule has 0 aliphatic rings. The number of rotatable bonds is 8. The van der Waals surface area contributed by atoms with E-state index >= 15 is 0 Å². The van der Waals surface area contributed by atoms with E-state index in [4.69, 9.17) is 16.6 Å². The predicted molar refractivity (Wildman–Crippen MR) is 137 cm³/mol. The molecule has 168 valence electrons. The van der Waals surface area contributed by atoms with E-state index in [1.54, 1.807) is 6.21 Å². The number of aromatic nitrogens is 2. The summed E-state index contributed by atoms with van der Waals surface area (Å²) in [6.07, 6.45) is 1.65. The molecule has 0 atom stereocenters. The van der Waals surface area contributed by atoms with E-state index in [-0.39, 0.29) is 11.7 Å². The van der Waals surface area contributed by atoms with Crippen molar-refractivity contribution in [2.24, 2.45) is 5.10 Å². The van der Waals surface area contributed by atoms with Gasteiger partial charge in [-0.05, 0) is 40.8 Å². The van der Waals surface area contributed by atoms with Crippen LogP contribution in [0.25, 0.3) is 11.0 Å². The van der Waals surface area contributed by atoms with E-state index in [9.17, 15) is 4.79 Å². The molecule has 0 saturated carbocycles. The Kier molecular flexibility index (Phi) is 7.47. The number of hydrogen-bond donors (Lipinski definition) is 1. The van der Waals surface area contributed by atoms with Gasteiger partial charge in [0.2, 0.25) is 0 Å². The lowest BCUT2D eigenvalue weighted by molar-refractivity contribution is -0.118. The Morgan fingerprint density at radius 1 is 1.09 bits per heavy atom. The van der Waals surface area contributed by atoms with Gasteiger partial charge in [-0.1, -0.05) is 91.8 Å². The lowest BCUT2D eigenvalue weighted by atomic mass is 10.0. The molecule has 0 radical (unpaired) electrons. The third kappa shape index (κ3) is 5.83. The summed E-state index contributed by atoms with van der Waals surface area (Å²) in [7, 11) is 0. The van der Waals surface area contributed by atoms with Crippen molar-refractivity contribution in [3.63, 3.8) is 0 Å². The molecule has 0 unspecified atom stereocenters. The number of carbonyl (C=O) groups excluding carboxylic acids is 1. The normalized spacial score (nSPS) is 11.5. The molecule has 0 aliphatic carbocycles. The number of amides is 1. The summed E-state index contributed by atoms with van der Waals surface area (Å²) in [6.45, 7) is 4.89. The van der Waals surface area contributed by atoms with Crippen LogP contribution in [0.3, 0.4) is 0 Å². The zero-order chi connectivity index (χ0) is 23.2. The molecule has 3 aromatic carbocycles. The summed E-state index contributed by atoms with van der Waals surface area (Å²) in [5, 5.41) is 5.56. The first-order chi connectivity index (χ1) is 16.0. The Bertz CT molecular complexity index is 1280. The largest absolute Gasteiger partial charge is 0.314 e. The van der Waals surface area contributed by atoms with E-state index in [1.807, 2.05) is 60.7 Å². The van der Waals surface area contributed by atoms with Gasteiger partial charge in [-0.25, -0.2) is 10.4 Å². The van der Waals surface area contributed by atoms with E-state index in [2.05, 4.69) is 41.1 Å². The molecule has 7 heteroatoms. The molecule has 33 heavy (non-hydrogen) atoms. The first-order valence-electron chi connectivity index (χ1n) is 10.7. The van der Waals surface area contributed by atoms with Crippen molar-refractivity contribution < 1.29 is 4.79 Å². The molecule has 1 heterocycles. The summed E-state index contributed by atoms with van der Waals surface area (Å²) in [5.41, 5.74) is 7.70. The Morgan fingerprint density at radius 3 is 2.58 bits per heavy atom. The van der Waals surface area contributed by atoms with Gasteiger partial charge in [0.25, 0.3) is 5.91 Å². The van der Waals surface area contributed by atoms with Crippen LogP contribution in [0.4, 0.5) is 0 Å². The minimum absolute atomic E-state index is 0.189. The molecule has 4 aromatic rings. The monoisotopic (exact) mass is 476 g/mol. The minimum atomic E-state index is -0.189. The lowest BCUT2D eigenvalue weighted by Crippen LogP contribution is -2.20. The van der Waals surface area contributed by atoms with Crippen LogP contribution in [-0.4, -0.2) is 27.4 Å². The second-order valence-corrected chi connectivity index (χ2v) is 9.31. The molecule has 1 N–H and O–H groups in total. The fraction of sp³-hybridized carbons (Fsp3) is 0.192. The van der Waals surface area contributed by atoms with Gasteiger partial charge in [-0.3, -0.25) is 4.79 Å². The van der Waals surface area contributed by atoms with Gasteiger partial charge < -0.3 is 4.57 Å². The molecule has 4 rings (SSSR count). The van der Waals surface area contributed by atoms with Gasteiger partial charge in [0.1, 0.15) is 0 Å². The zero-order valence-electron chi connectivity index (χ0n) is 18.5. The fourth-order valence-corrected chi connectivity index (χ4v) is 4.42. The van der Waals surface area contributed by atoms with Gasteiger partial charge in [0.05, 0.1) is 29.5 Å². The van der Waals surface area contributed by atoms with Crippen molar-refractivity contribution >= 4 is 46.5 Å². The SMILES string of the molecule is CC(C)c1ccc(C=NNC(=O)CSc2nc3ccccc3n2Cc2ccccc2Cl)cc1. The quantitative estimate of drug-likeness (QED) is 0.190. The highest BCUT2D eigenvalue weighted by Gasteiger charge is 2.14. The van der Waals surface area contributed by atoms with E-state index in [0.717, 1.165) is 27.3 Å². The average molecular weight is 477 g/mol. The van der Waals surface area contributed by atoms with Crippen LogP contribution in [0, 0.1) is 0 Å². The van der Waals surface area contributed by atoms with Crippen LogP contribution in [0.15, 0.2) is 83.1 Å². The smallest absolute Gasteiger partial charge is 0.250 e. The molecule has 0 bridgehead atoms. The predicted octanol–water partition coefficient (Wildman–Crippen LogP) is 6.10. The Balaban J connectivity index is 1.42. The number of hydrazone groups is 1. The standard InChI is InChI=1S/C26H25ClN4OS/c1-18(2)20-13-11-19(12-14-20)15-28-30-25(32)17-33-26-29-23-9-5-6-10-24(23)31(26)16-21-7-3-4-8-22(21)27/h3-15,18H,16-17H2,1-2H3,(H,30,32). The maximum Gasteiger partial charge on any atom is 0.250 e. The Hall–Kier alpha value is -3.09. The highest BCUT2D eigenvalue weighted by molar-refractivity contribution is 7.99. The summed E-state index contributed by atoms with van der Waals surface area (Å²) < 4.78 is 2.09. The van der Waals surface area contributed by atoms with Gasteiger partial charge in [0, 0.05) is 5.02 Å². The lowest BCUT2D eigenvalue weighted by Gasteiger charge is -2.10. The van der Waals surface area contributed by atoms with Crippen molar-refractivity contribution in [3.8, 4) is 0 Å². The van der Waals surface area contributed by atoms with Crippen LogP contribution in [0.2, 0.25) is 5.02 Å². The van der Waals surface area contributed by atoms with Gasteiger partial charge in [-0.2, -0.15) is 5.10 Å². The van der Waals surface area contributed by atoms with E-state index in [1.165, 1.54) is 17.3 Å². The fourth-order valence-electron chi connectivity index (χ4n) is 3.42. The molecule has 1 aromatic heterocycles.